The molecular formula is C13H19FN2O2S. The van der Waals surface area contributed by atoms with Gasteiger partial charge in [-0.1, -0.05) is 6.07 Å². The molecule has 106 valence electrons. The zero-order valence-corrected chi connectivity index (χ0v) is 11.8. The predicted octanol–water partition coefficient (Wildman–Crippen LogP) is 2.02. The van der Waals surface area contributed by atoms with Crippen LogP contribution in [0.25, 0.3) is 0 Å². The van der Waals surface area contributed by atoms with Gasteiger partial charge in [-0.25, -0.2) is 12.8 Å². The fourth-order valence-corrected chi connectivity index (χ4v) is 2.86. The van der Waals surface area contributed by atoms with Gasteiger partial charge in [0, 0.05) is 6.04 Å². The van der Waals surface area contributed by atoms with E-state index in [-0.39, 0.29) is 11.4 Å². The van der Waals surface area contributed by atoms with Crippen LogP contribution in [0.15, 0.2) is 18.2 Å². The van der Waals surface area contributed by atoms with Gasteiger partial charge in [-0.05, 0) is 50.4 Å². The Kier molecular flexibility index (Phi) is 4.42. The number of halogens is 1. The molecule has 0 spiro atoms. The monoisotopic (exact) mass is 286 g/mol. The van der Waals surface area contributed by atoms with Crippen molar-refractivity contribution in [2.45, 2.75) is 32.2 Å². The standard InChI is InChI=1S/C13H19FN2O2S/c1-10-3-4-12(9-13(10)14)16-19(17,18)8-2-7-15-11-5-6-11/h3-4,9,11,15-16H,2,5-8H2,1H3. The number of rotatable bonds is 7. The van der Waals surface area contributed by atoms with Crippen molar-refractivity contribution in [2.75, 3.05) is 17.0 Å². The molecule has 2 N–H and O–H groups in total. The molecule has 0 aromatic heterocycles. The molecule has 1 aromatic carbocycles. The van der Waals surface area contributed by atoms with Gasteiger partial charge in [0.2, 0.25) is 10.0 Å². The second-order valence-electron chi connectivity index (χ2n) is 4.97. The van der Waals surface area contributed by atoms with E-state index < -0.39 is 15.8 Å². The summed E-state index contributed by atoms with van der Waals surface area (Å²) >= 11 is 0. The molecular weight excluding hydrogens is 267 g/mol. The molecule has 1 aromatic rings. The Morgan fingerprint density at radius 3 is 2.74 bits per heavy atom. The summed E-state index contributed by atoms with van der Waals surface area (Å²) in [5.74, 6) is -0.363. The van der Waals surface area contributed by atoms with Crippen LogP contribution in [0, 0.1) is 12.7 Å². The number of nitrogens with one attached hydrogen (secondary N) is 2. The first-order valence-corrected chi connectivity index (χ1v) is 8.11. The third-order valence-corrected chi connectivity index (χ3v) is 4.42. The lowest BCUT2D eigenvalue weighted by Crippen LogP contribution is -2.23. The van der Waals surface area contributed by atoms with E-state index in [1.54, 1.807) is 19.1 Å². The molecule has 0 saturated heterocycles. The molecule has 1 fully saturated rings. The fraction of sp³-hybridized carbons (Fsp3) is 0.538. The molecule has 6 heteroatoms. The molecule has 0 aliphatic heterocycles. The number of aryl methyl sites for hydroxylation is 1. The molecule has 19 heavy (non-hydrogen) atoms. The van der Waals surface area contributed by atoms with Crippen LogP contribution in [-0.4, -0.2) is 26.8 Å². The average molecular weight is 286 g/mol. The minimum atomic E-state index is -3.40. The van der Waals surface area contributed by atoms with Crippen molar-refractivity contribution >= 4 is 15.7 Å². The minimum absolute atomic E-state index is 0.0439. The Balaban J connectivity index is 1.82. The average Bonchev–Trinajstić information content (AvgIpc) is 3.13. The van der Waals surface area contributed by atoms with Crippen molar-refractivity contribution in [1.29, 1.82) is 0 Å². The van der Waals surface area contributed by atoms with E-state index >= 15 is 0 Å². The lowest BCUT2D eigenvalue weighted by atomic mass is 10.2. The van der Waals surface area contributed by atoms with Gasteiger partial charge >= 0.3 is 0 Å². The second-order valence-corrected chi connectivity index (χ2v) is 6.81. The summed E-state index contributed by atoms with van der Waals surface area (Å²) in [5, 5.41) is 3.26. The summed E-state index contributed by atoms with van der Waals surface area (Å²) in [7, 11) is -3.40. The molecule has 1 aliphatic rings. The van der Waals surface area contributed by atoms with Gasteiger partial charge in [0.1, 0.15) is 5.82 Å². The molecule has 0 atom stereocenters. The molecule has 1 saturated carbocycles. The Morgan fingerprint density at radius 1 is 1.37 bits per heavy atom. The maximum Gasteiger partial charge on any atom is 0.232 e. The van der Waals surface area contributed by atoms with Gasteiger partial charge < -0.3 is 5.32 Å². The zero-order valence-electron chi connectivity index (χ0n) is 10.9. The van der Waals surface area contributed by atoms with Crippen molar-refractivity contribution in [3.8, 4) is 0 Å². The SMILES string of the molecule is Cc1ccc(NS(=O)(=O)CCCNC2CC2)cc1F. The highest BCUT2D eigenvalue weighted by atomic mass is 32.2. The summed E-state index contributed by atoms with van der Waals surface area (Å²) in [6, 6.07) is 4.91. The lowest BCUT2D eigenvalue weighted by Gasteiger charge is -2.09. The van der Waals surface area contributed by atoms with E-state index in [2.05, 4.69) is 10.0 Å². The van der Waals surface area contributed by atoms with Gasteiger partial charge in [0.05, 0.1) is 11.4 Å². The highest BCUT2D eigenvalue weighted by Crippen LogP contribution is 2.18. The number of sulfonamides is 1. The van der Waals surface area contributed by atoms with Gasteiger partial charge in [-0.3, -0.25) is 4.72 Å². The Bertz CT molecular complexity index is 542. The van der Waals surface area contributed by atoms with Gasteiger partial charge in [0.25, 0.3) is 0 Å². The third-order valence-electron chi connectivity index (χ3n) is 3.05. The van der Waals surface area contributed by atoms with Crippen LogP contribution in [0.3, 0.4) is 0 Å². The number of benzene rings is 1. The van der Waals surface area contributed by atoms with E-state index in [1.165, 1.54) is 18.9 Å². The first-order chi connectivity index (χ1) is 8.96. The van der Waals surface area contributed by atoms with Crippen molar-refractivity contribution in [1.82, 2.24) is 5.32 Å². The molecule has 0 amide bonds. The second kappa shape index (κ2) is 5.88. The van der Waals surface area contributed by atoms with Gasteiger partial charge in [-0.15, -0.1) is 0 Å². The first-order valence-electron chi connectivity index (χ1n) is 6.46. The number of hydrogen-bond donors (Lipinski definition) is 2. The first kappa shape index (κ1) is 14.3. The maximum absolute atomic E-state index is 13.3. The Hall–Kier alpha value is -1.14. The molecule has 0 bridgehead atoms. The summed E-state index contributed by atoms with van der Waals surface area (Å²) in [5.41, 5.74) is 0.773. The molecule has 1 aliphatic carbocycles. The van der Waals surface area contributed by atoms with Crippen molar-refractivity contribution in [3.05, 3.63) is 29.6 Å². The topological polar surface area (TPSA) is 58.2 Å². The zero-order chi connectivity index (χ0) is 13.9. The maximum atomic E-state index is 13.3. The van der Waals surface area contributed by atoms with Gasteiger partial charge in [0.15, 0.2) is 0 Å². The van der Waals surface area contributed by atoms with Crippen LogP contribution >= 0.6 is 0 Å². The summed E-state index contributed by atoms with van der Waals surface area (Å²) in [4.78, 5) is 0. The van der Waals surface area contributed by atoms with E-state index in [0.29, 0.717) is 24.6 Å². The fourth-order valence-electron chi connectivity index (χ4n) is 1.74. The lowest BCUT2D eigenvalue weighted by molar-refractivity contribution is 0.593. The normalized spacial score (nSPS) is 15.5. The van der Waals surface area contributed by atoms with Crippen LogP contribution < -0.4 is 10.0 Å². The highest BCUT2D eigenvalue weighted by Gasteiger charge is 2.20. The molecule has 2 rings (SSSR count). The van der Waals surface area contributed by atoms with E-state index in [1.807, 2.05) is 0 Å². The predicted molar refractivity (Wildman–Crippen MR) is 74.2 cm³/mol. The largest absolute Gasteiger partial charge is 0.314 e. The smallest absolute Gasteiger partial charge is 0.232 e. The Labute approximate surface area is 113 Å². The van der Waals surface area contributed by atoms with Crippen molar-refractivity contribution < 1.29 is 12.8 Å². The number of anilines is 1. The quantitative estimate of drug-likeness (QED) is 0.754. The van der Waals surface area contributed by atoms with Crippen LogP contribution in [0.4, 0.5) is 10.1 Å². The van der Waals surface area contributed by atoms with E-state index in [4.69, 9.17) is 0 Å². The van der Waals surface area contributed by atoms with Crippen LogP contribution in [0.5, 0.6) is 0 Å². The van der Waals surface area contributed by atoms with Crippen LogP contribution in [0.2, 0.25) is 0 Å². The van der Waals surface area contributed by atoms with E-state index in [9.17, 15) is 12.8 Å². The summed E-state index contributed by atoms with van der Waals surface area (Å²) in [6.45, 7) is 2.34. The third kappa shape index (κ3) is 4.80. The molecule has 0 radical (unpaired) electrons. The Morgan fingerprint density at radius 2 is 2.11 bits per heavy atom. The molecule has 0 unspecified atom stereocenters. The van der Waals surface area contributed by atoms with Crippen LogP contribution in [0.1, 0.15) is 24.8 Å². The summed E-state index contributed by atoms with van der Waals surface area (Å²) < 4.78 is 39.3. The van der Waals surface area contributed by atoms with Crippen molar-refractivity contribution in [2.24, 2.45) is 0 Å². The van der Waals surface area contributed by atoms with E-state index in [0.717, 1.165) is 0 Å². The van der Waals surface area contributed by atoms with Crippen LogP contribution in [-0.2, 0) is 10.0 Å². The van der Waals surface area contributed by atoms with Crippen molar-refractivity contribution in [3.63, 3.8) is 0 Å². The summed E-state index contributed by atoms with van der Waals surface area (Å²) in [6.07, 6.45) is 2.93. The minimum Gasteiger partial charge on any atom is -0.314 e. The molecule has 0 heterocycles. The van der Waals surface area contributed by atoms with Gasteiger partial charge in [-0.2, -0.15) is 0 Å². The number of hydrogen-bond acceptors (Lipinski definition) is 3. The highest BCUT2D eigenvalue weighted by molar-refractivity contribution is 7.92. The molecule has 4 nitrogen and oxygen atoms in total.